The fourth-order valence-corrected chi connectivity index (χ4v) is 1.96. The SMILES string of the molecule is Cc1oc(C(=O)NN)cc1CN(C)c1ccccc1F. The number of hydrogen-bond acceptors (Lipinski definition) is 4. The number of nitrogens with two attached hydrogens (primary N) is 1. The number of hydrazine groups is 1. The molecule has 0 aliphatic rings. The van der Waals surface area contributed by atoms with Crippen molar-refractivity contribution in [2.24, 2.45) is 5.84 Å². The number of benzene rings is 1. The molecule has 0 aliphatic heterocycles. The Balaban J connectivity index is 2.20. The molecule has 1 aromatic carbocycles. The molecular formula is C14H16FN3O2. The first-order valence-corrected chi connectivity index (χ1v) is 6.09. The Morgan fingerprint density at radius 3 is 2.80 bits per heavy atom. The van der Waals surface area contributed by atoms with Gasteiger partial charge < -0.3 is 9.32 Å². The molecule has 0 saturated heterocycles. The molecule has 1 aromatic heterocycles. The summed E-state index contributed by atoms with van der Waals surface area (Å²) in [5.41, 5.74) is 3.29. The first-order chi connectivity index (χ1) is 9.52. The van der Waals surface area contributed by atoms with Crippen LogP contribution >= 0.6 is 0 Å². The van der Waals surface area contributed by atoms with Gasteiger partial charge in [-0.1, -0.05) is 12.1 Å². The van der Waals surface area contributed by atoms with Crippen molar-refractivity contribution >= 4 is 11.6 Å². The van der Waals surface area contributed by atoms with Gasteiger partial charge in [-0.05, 0) is 25.1 Å². The Morgan fingerprint density at radius 1 is 1.45 bits per heavy atom. The average Bonchev–Trinajstić information content (AvgIpc) is 2.79. The van der Waals surface area contributed by atoms with Crippen LogP contribution in [0.3, 0.4) is 0 Å². The van der Waals surface area contributed by atoms with E-state index in [9.17, 15) is 9.18 Å². The molecule has 2 aromatic rings. The summed E-state index contributed by atoms with van der Waals surface area (Å²) in [5.74, 6) is 5.01. The van der Waals surface area contributed by atoms with Gasteiger partial charge >= 0.3 is 5.91 Å². The minimum atomic E-state index is -0.493. The average molecular weight is 277 g/mol. The molecule has 5 nitrogen and oxygen atoms in total. The predicted octanol–water partition coefficient (Wildman–Crippen LogP) is 1.97. The highest BCUT2D eigenvalue weighted by Gasteiger charge is 2.15. The van der Waals surface area contributed by atoms with Crippen molar-refractivity contribution in [1.29, 1.82) is 0 Å². The van der Waals surface area contributed by atoms with E-state index < -0.39 is 5.91 Å². The molecule has 0 saturated carbocycles. The molecule has 6 heteroatoms. The van der Waals surface area contributed by atoms with E-state index in [0.29, 0.717) is 18.0 Å². The van der Waals surface area contributed by atoms with E-state index in [1.54, 1.807) is 43.1 Å². The molecule has 0 unspecified atom stereocenters. The summed E-state index contributed by atoms with van der Waals surface area (Å²) in [5, 5.41) is 0. The molecule has 0 aliphatic carbocycles. The minimum absolute atomic E-state index is 0.141. The maximum atomic E-state index is 13.7. The maximum Gasteiger partial charge on any atom is 0.300 e. The quantitative estimate of drug-likeness (QED) is 0.509. The number of hydrogen-bond donors (Lipinski definition) is 2. The van der Waals surface area contributed by atoms with Crippen molar-refractivity contribution < 1.29 is 13.6 Å². The van der Waals surface area contributed by atoms with E-state index in [1.165, 1.54) is 6.07 Å². The van der Waals surface area contributed by atoms with Gasteiger partial charge in [-0.15, -0.1) is 0 Å². The van der Waals surface area contributed by atoms with Crippen LogP contribution in [0.4, 0.5) is 10.1 Å². The highest BCUT2D eigenvalue weighted by Crippen LogP contribution is 2.22. The number of carbonyl (C=O) groups excluding carboxylic acids is 1. The van der Waals surface area contributed by atoms with E-state index in [4.69, 9.17) is 10.3 Å². The number of nitrogens with one attached hydrogen (secondary N) is 1. The monoisotopic (exact) mass is 277 g/mol. The van der Waals surface area contributed by atoms with E-state index in [-0.39, 0.29) is 11.6 Å². The second-order valence-corrected chi connectivity index (χ2v) is 4.47. The summed E-state index contributed by atoms with van der Waals surface area (Å²) < 4.78 is 19.0. The Hall–Kier alpha value is -2.34. The highest BCUT2D eigenvalue weighted by molar-refractivity contribution is 5.91. The molecule has 106 valence electrons. The first kappa shape index (κ1) is 14.1. The van der Waals surface area contributed by atoms with E-state index in [2.05, 4.69) is 0 Å². The lowest BCUT2D eigenvalue weighted by molar-refractivity contribution is 0.0924. The minimum Gasteiger partial charge on any atom is -0.456 e. The van der Waals surface area contributed by atoms with Gasteiger partial charge in [0.25, 0.3) is 0 Å². The van der Waals surface area contributed by atoms with Crippen LogP contribution in [-0.4, -0.2) is 13.0 Å². The van der Waals surface area contributed by atoms with Crippen molar-refractivity contribution in [3.63, 3.8) is 0 Å². The topological polar surface area (TPSA) is 71.5 Å². The van der Waals surface area contributed by atoms with Gasteiger partial charge in [0.05, 0.1) is 5.69 Å². The van der Waals surface area contributed by atoms with E-state index in [0.717, 1.165) is 5.56 Å². The summed E-state index contributed by atoms with van der Waals surface area (Å²) >= 11 is 0. The molecule has 2 rings (SSSR count). The largest absolute Gasteiger partial charge is 0.456 e. The Morgan fingerprint density at radius 2 is 2.15 bits per heavy atom. The highest BCUT2D eigenvalue weighted by atomic mass is 19.1. The number of carbonyl (C=O) groups is 1. The lowest BCUT2D eigenvalue weighted by Crippen LogP contribution is -2.29. The number of halogens is 1. The van der Waals surface area contributed by atoms with Gasteiger partial charge in [0, 0.05) is 19.2 Å². The van der Waals surface area contributed by atoms with E-state index in [1.807, 2.05) is 5.43 Å². The van der Waals surface area contributed by atoms with Gasteiger partial charge in [-0.25, -0.2) is 10.2 Å². The summed E-state index contributed by atoms with van der Waals surface area (Å²) in [6, 6.07) is 8.11. The smallest absolute Gasteiger partial charge is 0.300 e. The zero-order valence-corrected chi connectivity index (χ0v) is 11.3. The van der Waals surface area contributed by atoms with Gasteiger partial charge in [0.1, 0.15) is 11.6 Å². The van der Waals surface area contributed by atoms with Gasteiger partial charge in [0.15, 0.2) is 5.76 Å². The number of rotatable bonds is 4. The summed E-state index contributed by atoms with van der Waals surface area (Å²) in [6.45, 7) is 2.17. The van der Waals surface area contributed by atoms with Crippen LogP contribution in [0.1, 0.15) is 21.9 Å². The second-order valence-electron chi connectivity index (χ2n) is 4.47. The Kier molecular flexibility index (Phi) is 4.05. The summed E-state index contributed by atoms with van der Waals surface area (Å²) in [4.78, 5) is 13.1. The van der Waals surface area contributed by atoms with E-state index >= 15 is 0 Å². The lowest BCUT2D eigenvalue weighted by atomic mass is 10.2. The van der Waals surface area contributed by atoms with Crippen molar-refractivity contribution in [3.05, 3.63) is 53.2 Å². The van der Waals surface area contributed by atoms with Crippen LogP contribution < -0.4 is 16.2 Å². The zero-order chi connectivity index (χ0) is 14.7. The number of amides is 1. The maximum absolute atomic E-state index is 13.7. The van der Waals surface area contributed by atoms with Crippen LogP contribution in [0.25, 0.3) is 0 Å². The third kappa shape index (κ3) is 2.80. The Bertz CT molecular complexity index is 625. The number of nitrogens with zero attached hydrogens (tertiary/aromatic N) is 1. The number of anilines is 1. The fourth-order valence-electron chi connectivity index (χ4n) is 1.96. The van der Waals surface area contributed by atoms with Gasteiger partial charge in [-0.3, -0.25) is 10.2 Å². The molecule has 20 heavy (non-hydrogen) atoms. The first-order valence-electron chi connectivity index (χ1n) is 6.09. The van der Waals surface area contributed by atoms with Crippen LogP contribution in [-0.2, 0) is 6.54 Å². The number of para-hydroxylation sites is 1. The third-order valence-corrected chi connectivity index (χ3v) is 3.05. The van der Waals surface area contributed by atoms with Gasteiger partial charge in [0.2, 0.25) is 0 Å². The molecule has 1 amide bonds. The molecule has 3 N–H and O–H groups in total. The number of aryl methyl sites for hydroxylation is 1. The molecule has 0 atom stereocenters. The standard InChI is InChI=1S/C14H16FN3O2/c1-9-10(7-13(20-9)14(19)17-16)8-18(2)12-6-4-3-5-11(12)15/h3-7H,8,16H2,1-2H3,(H,17,19). The van der Waals surface area contributed by atoms with Crippen molar-refractivity contribution in [2.75, 3.05) is 11.9 Å². The van der Waals surface area contributed by atoms with Crippen LogP contribution in [0.5, 0.6) is 0 Å². The molecule has 0 radical (unpaired) electrons. The Labute approximate surface area is 116 Å². The molecule has 0 fully saturated rings. The molecule has 1 heterocycles. The van der Waals surface area contributed by atoms with Gasteiger partial charge in [-0.2, -0.15) is 0 Å². The summed E-state index contributed by atoms with van der Waals surface area (Å²) in [6.07, 6.45) is 0. The van der Waals surface area contributed by atoms with Crippen molar-refractivity contribution in [1.82, 2.24) is 5.43 Å². The van der Waals surface area contributed by atoms with Crippen molar-refractivity contribution in [3.8, 4) is 0 Å². The lowest BCUT2D eigenvalue weighted by Gasteiger charge is -2.19. The van der Waals surface area contributed by atoms with Crippen molar-refractivity contribution in [2.45, 2.75) is 13.5 Å². The predicted molar refractivity (Wildman–Crippen MR) is 73.6 cm³/mol. The third-order valence-electron chi connectivity index (χ3n) is 3.05. The normalized spacial score (nSPS) is 10.4. The summed E-state index contributed by atoms with van der Waals surface area (Å²) in [7, 11) is 1.77. The molecule has 0 spiro atoms. The zero-order valence-electron chi connectivity index (χ0n) is 11.3. The van der Waals surface area contributed by atoms with Crippen LogP contribution in [0.2, 0.25) is 0 Å². The van der Waals surface area contributed by atoms with Crippen LogP contribution in [0.15, 0.2) is 34.7 Å². The number of furan rings is 1. The fraction of sp³-hybridized carbons (Fsp3) is 0.214. The molecular weight excluding hydrogens is 261 g/mol. The number of nitrogen functional groups attached to an aromatic ring is 1. The van der Waals surface area contributed by atoms with Crippen LogP contribution in [0, 0.1) is 12.7 Å². The second kappa shape index (κ2) is 5.75. The molecule has 0 bridgehead atoms.